The fourth-order valence-electron chi connectivity index (χ4n) is 3.07. The maximum atomic E-state index is 6.25. The van der Waals surface area contributed by atoms with E-state index in [1.54, 1.807) is 0 Å². The molecule has 1 aliphatic heterocycles. The summed E-state index contributed by atoms with van der Waals surface area (Å²) >= 11 is 2.09. The molecule has 1 heterocycles. The van der Waals surface area contributed by atoms with Gasteiger partial charge in [0.25, 0.3) is 0 Å². The molecule has 0 bridgehead atoms. The molecule has 2 aliphatic rings. The highest BCUT2D eigenvalue weighted by Crippen LogP contribution is 2.41. The van der Waals surface area contributed by atoms with E-state index in [4.69, 9.17) is 5.73 Å². The van der Waals surface area contributed by atoms with Crippen LogP contribution in [-0.4, -0.2) is 29.5 Å². The van der Waals surface area contributed by atoms with Crippen molar-refractivity contribution in [2.75, 3.05) is 24.6 Å². The monoisotopic (exact) mass is 248 g/mol. The van der Waals surface area contributed by atoms with Crippen molar-refractivity contribution in [3.05, 3.63) is 35.4 Å². The predicted octanol–water partition coefficient (Wildman–Crippen LogP) is 2.57. The molecule has 3 heteroatoms. The first kappa shape index (κ1) is 11.6. The molecule has 0 spiro atoms. The van der Waals surface area contributed by atoms with Gasteiger partial charge >= 0.3 is 0 Å². The zero-order chi connectivity index (χ0) is 11.7. The maximum absolute atomic E-state index is 6.25. The molecule has 0 saturated carbocycles. The van der Waals surface area contributed by atoms with Crippen molar-refractivity contribution in [1.82, 2.24) is 4.90 Å². The van der Waals surface area contributed by atoms with Crippen LogP contribution in [0.2, 0.25) is 0 Å². The molecule has 2 atom stereocenters. The van der Waals surface area contributed by atoms with Crippen LogP contribution in [0.3, 0.4) is 0 Å². The highest BCUT2D eigenvalue weighted by Gasteiger charge is 2.32. The van der Waals surface area contributed by atoms with Gasteiger partial charge in [-0.05, 0) is 36.3 Å². The van der Waals surface area contributed by atoms with Crippen molar-refractivity contribution in [2.24, 2.45) is 5.73 Å². The lowest BCUT2D eigenvalue weighted by atomic mass is 10.1. The molecule has 92 valence electrons. The standard InChI is InChI=1S/C14H20N2S/c15-13-10-14(12-5-2-1-4-11(12)13)16-6-3-8-17-9-7-16/h1-2,4-5,13-14H,3,6-10,15H2. The highest BCUT2D eigenvalue weighted by molar-refractivity contribution is 7.99. The molecule has 2 unspecified atom stereocenters. The SMILES string of the molecule is NC1CC(N2CCCSCC2)c2ccccc21. The summed E-state index contributed by atoms with van der Waals surface area (Å²) in [6, 6.07) is 9.54. The van der Waals surface area contributed by atoms with Crippen LogP contribution >= 0.6 is 11.8 Å². The Morgan fingerprint density at radius 1 is 1.12 bits per heavy atom. The summed E-state index contributed by atoms with van der Waals surface area (Å²) in [4.78, 5) is 2.64. The fraction of sp³-hybridized carbons (Fsp3) is 0.571. The van der Waals surface area contributed by atoms with Crippen molar-refractivity contribution in [3.63, 3.8) is 0 Å². The van der Waals surface area contributed by atoms with E-state index in [1.807, 2.05) is 0 Å². The number of nitrogens with two attached hydrogens (primary N) is 1. The number of rotatable bonds is 1. The number of thioether (sulfide) groups is 1. The van der Waals surface area contributed by atoms with Crippen LogP contribution in [0, 0.1) is 0 Å². The third-order valence-electron chi connectivity index (χ3n) is 3.93. The zero-order valence-corrected chi connectivity index (χ0v) is 11.0. The molecule has 1 aliphatic carbocycles. The van der Waals surface area contributed by atoms with Gasteiger partial charge < -0.3 is 5.73 Å². The lowest BCUT2D eigenvalue weighted by molar-refractivity contribution is 0.207. The van der Waals surface area contributed by atoms with E-state index >= 15 is 0 Å². The zero-order valence-electron chi connectivity index (χ0n) is 10.1. The molecule has 3 rings (SSSR count). The molecule has 1 aromatic rings. The molecule has 0 aromatic heterocycles. The van der Waals surface area contributed by atoms with Crippen molar-refractivity contribution < 1.29 is 0 Å². The van der Waals surface area contributed by atoms with E-state index in [0.29, 0.717) is 6.04 Å². The normalized spacial score (nSPS) is 29.9. The van der Waals surface area contributed by atoms with Crippen molar-refractivity contribution in [3.8, 4) is 0 Å². The summed E-state index contributed by atoms with van der Waals surface area (Å²) in [6.07, 6.45) is 2.42. The summed E-state index contributed by atoms with van der Waals surface area (Å²) < 4.78 is 0. The van der Waals surface area contributed by atoms with E-state index < -0.39 is 0 Å². The summed E-state index contributed by atoms with van der Waals surface area (Å²) in [6.45, 7) is 2.45. The average Bonchev–Trinajstić information content (AvgIpc) is 2.57. The minimum atomic E-state index is 0.243. The van der Waals surface area contributed by atoms with Gasteiger partial charge in [0.2, 0.25) is 0 Å². The third-order valence-corrected chi connectivity index (χ3v) is 4.98. The first-order valence-corrected chi connectivity index (χ1v) is 7.68. The molecule has 17 heavy (non-hydrogen) atoms. The van der Waals surface area contributed by atoms with Gasteiger partial charge in [-0.1, -0.05) is 24.3 Å². The van der Waals surface area contributed by atoms with Crippen LogP contribution in [0.15, 0.2) is 24.3 Å². The van der Waals surface area contributed by atoms with Gasteiger partial charge in [-0.3, -0.25) is 4.90 Å². The topological polar surface area (TPSA) is 29.3 Å². The molecule has 1 fully saturated rings. The molecule has 0 radical (unpaired) electrons. The van der Waals surface area contributed by atoms with E-state index in [9.17, 15) is 0 Å². The Hall–Kier alpha value is -0.510. The van der Waals surface area contributed by atoms with Gasteiger partial charge in [-0.2, -0.15) is 11.8 Å². The fourth-order valence-corrected chi connectivity index (χ4v) is 3.97. The Morgan fingerprint density at radius 3 is 2.82 bits per heavy atom. The molecule has 1 aromatic carbocycles. The lowest BCUT2D eigenvalue weighted by Gasteiger charge is -2.27. The average molecular weight is 248 g/mol. The second-order valence-electron chi connectivity index (χ2n) is 4.99. The Balaban J connectivity index is 1.85. The first-order valence-electron chi connectivity index (χ1n) is 6.52. The number of benzene rings is 1. The van der Waals surface area contributed by atoms with Gasteiger partial charge in [0.1, 0.15) is 0 Å². The van der Waals surface area contributed by atoms with Gasteiger partial charge in [-0.15, -0.1) is 0 Å². The van der Waals surface area contributed by atoms with Crippen LogP contribution in [0.1, 0.15) is 36.1 Å². The second-order valence-corrected chi connectivity index (χ2v) is 6.21. The number of nitrogens with zero attached hydrogens (tertiary/aromatic N) is 1. The van der Waals surface area contributed by atoms with E-state index in [1.165, 1.54) is 42.1 Å². The van der Waals surface area contributed by atoms with Gasteiger partial charge in [0, 0.05) is 24.4 Å². The Kier molecular flexibility index (Phi) is 3.41. The Bertz CT molecular complexity index is 386. The van der Waals surface area contributed by atoms with Crippen molar-refractivity contribution in [2.45, 2.75) is 24.9 Å². The highest BCUT2D eigenvalue weighted by atomic mass is 32.2. The second kappa shape index (κ2) is 5.01. The maximum Gasteiger partial charge on any atom is 0.0369 e. The third kappa shape index (κ3) is 2.24. The van der Waals surface area contributed by atoms with Gasteiger partial charge in [0.05, 0.1) is 0 Å². The molecule has 2 nitrogen and oxygen atoms in total. The Labute approximate surface area is 108 Å². The smallest absolute Gasteiger partial charge is 0.0369 e. The molecule has 0 amide bonds. The van der Waals surface area contributed by atoms with E-state index in [-0.39, 0.29) is 6.04 Å². The van der Waals surface area contributed by atoms with Crippen molar-refractivity contribution in [1.29, 1.82) is 0 Å². The summed E-state index contributed by atoms with van der Waals surface area (Å²) in [5.41, 5.74) is 9.10. The van der Waals surface area contributed by atoms with Crippen LogP contribution in [-0.2, 0) is 0 Å². The van der Waals surface area contributed by atoms with Gasteiger partial charge in [0.15, 0.2) is 0 Å². The molecule has 2 N–H and O–H groups in total. The minimum Gasteiger partial charge on any atom is -0.324 e. The number of hydrogen-bond donors (Lipinski definition) is 1. The van der Waals surface area contributed by atoms with Gasteiger partial charge in [-0.25, -0.2) is 0 Å². The number of hydrogen-bond acceptors (Lipinski definition) is 3. The predicted molar refractivity (Wildman–Crippen MR) is 74.2 cm³/mol. The van der Waals surface area contributed by atoms with E-state index in [2.05, 4.69) is 40.9 Å². The minimum absolute atomic E-state index is 0.243. The van der Waals surface area contributed by atoms with Crippen molar-refractivity contribution >= 4 is 11.8 Å². The quantitative estimate of drug-likeness (QED) is 0.828. The first-order chi connectivity index (χ1) is 8.36. The lowest BCUT2D eigenvalue weighted by Crippen LogP contribution is -2.30. The number of fused-ring (bicyclic) bond motifs is 1. The summed E-state index contributed by atoms with van der Waals surface area (Å²) in [5.74, 6) is 2.59. The summed E-state index contributed by atoms with van der Waals surface area (Å²) in [7, 11) is 0. The van der Waals surface area contributed by atoms with Crippen LogP contribution in [0.25, 0.3) is 0 Å². The molecular formula is C14H20N2S. The van der Waals surface area contributed by atoms with E-state index in [0.717, 1.165) is 6.42 Å². The molecule has 1 saturated heterocycles. The Morgan fingerprint density at radius 2 is 1.94 bits per heavy atom. The van der Waals surface area contributed by atoms with Crippen LogP contribution < -0.4 is 5.73 Å². The van der Waals surface area contributed by atoms with Crippen LogP contribution in [0.4, 0.5) is 0 Å². The summed E-state index contributed by atoms with van der Waals surface area (Å²) in [5, 5.41) is 0. The largest absolute Gasteiger partial charge is 0.324 e. The van der Waals surface area contributed by atoms with Crippen LogP contribution in [0.5, 0.6) is 0 Å². The molecular weight excluding hydrogens is 228 g/mol.